The topological polar surface area (TPSA) is 95.0 Å². The molecule has 4 rings (SSSR count). The van der Waals surface area contributed by atoms with Crippen molar-refractivity contribution in [3.05, 3.63) is 41.0 Å². The third kappa shape index (κ3) is 5.78. The van der Waals surface area contributed by atoms with Crippen molar-refractivity contribution >= 4 is 23.2 Å². The van der Waals surface area contributed by atoms with Crippen LogP contribution in [0.25, 0.3) is 10.4 Å². The van der Waals surface area contributed by atoms with Gasteiger partial charge in [0.15, 0.2) is 0 Å². The highest BCUT2D eigenvalue weighted by atomic mass is 32.1. The van der Waals surface area contributed by atoms with Gasteiger partial charge in [0.25, 0.3) is 0 Å². The van der Waals surface area contributed by atoms with Crippen LogP contribution < -0.4 is 5.32 Å². The van der Waals surface area contributed by atoms with Gasteiger partial charge in [-0.3, -0.25) is 14.5 Å². The number of likely N-dealkylation sites (tertiary alicyclic amines) is 1. The Hall–Kier alpha value is -2.33. The van der Waals surface area contributed by atoms with E-state index < -0.39 is 12.1 Å². The van der Waals surface area contributed by atoms with E-state index in [0.29, 0.717) is 26.3 Å². The molecule has 9 heteroatoms. The number of carbonyl (C=O) groups excluding carboxylic acids is 2. The van der Waals surface area contributed by atoms with Gasteiger partial charge in [-0.15, -0.1) is 11.3 Å². The number of benzene rings is 1. The molecule has 1 aromatic heterocycles. The number of β-amino-alcohol motifs (C(OH)–C–C–N with tert-alkyl or cyclic N) is 1. The fraction of sp³-hybridized carbons (Fsp3) is 0.542. The number of hydrogen-bond donors (Lipinski definition) is 2. The number of carbonyl (C=O) groups is 2. The predicted molar refractivity (Wildman–Crippen MR) is 127 cm³/mol. The highest BCUT2D eigenvalue weighted by Crippen LogP contribution is 2.27. The second-order valence-corrected chi connectivity index (χ2v) is 9.75. The van der Waals surface area contributed by atoms with Crippen LogP contribution in [0.1, 0.15) is 24.6 Å². The number of hydrogen-bond acceptors (Lipinski definition) is 7. The summed E-state index contributed by atoms with van der Waals surface area (Å²) in [5.41, 5.74) is 4.93. The van der Waals surface area contributed by atoms with E-state index in [0.717, 1.165) is 34.8 Å². The van der Waals surface area contributed by atoms with Gasteiger partial charge in [0, 0.05) is 45.1 Å². The zero-order valence-electron chi connectivity index (χ0n) is 19.2. The first-order valence-corrected chi connectivity index (χ1v) is 12.4. The number of thiazole rings is 1. The second-order valence-electron chi connectivity index (χ2n) is 8.89. The Kier molecular flexibility index (Phi) is 7.75. The van der Waals surface area contributed by atoms with Crippen LogP contribution in [-0.2, 0) is 20.9 Å². The van der Waals surface area contributed by atoms with Crippen molar-refractivity contribution in [2.75, 3.05) is 39.4 Å². The summed E-state index contributed by atoms with van der Waals surface area (Å²) in [6.07, 6.45) is -0.409. The average molecular weight is 473 g/mol. The van der Waals surface area contributed by atoms with Crippen LogP contribution >= 0.6 is 11.3 Å². The van der Waals surface area contributed by atoms with Gasteiger partial charge in [0.1, 0.15) is 6.04 Å². The van der Waals surface area contributed by atoms with Gasteiger partial charge in [-0.25, -0.2) is 4.98 Å². The molecule has 0 radical (unpaired) electrons. The molecule has 0 bridgehead atoms. The number of nitrogens with zero attached hydrogens (tertiary/aromatic N) is 3. The van der Waals surface area contributed by atoms with Crippen molar-refractivity contribution in [2.24, 2.45) is 5.92 Å². The maximum Gasteiger partial charge on any atom is 0.243 e. The monoisotopic (exact) mass is 472 g/mol. The van der Waals surface area contributed by atoms with Crippen molar-refractivity contribution in [3.63, 3.8) is 0 Å². The molecule has 0 spiro atoms. The molecule has 33 heavy (non-hydrogen) atoms. The zero-order chi connectivity index (χ0) is 23.4. The van der Waals surface area contributed by atoms with Crippen LogP contribution in [0.5, 0.6) is 0 Å². The van der Waals surface area contributed by atoms with Crippen LogP contribution in [0.15, 0.2) is 29.8 Å². The number of aryl methyl sites for hydroxylation is 1. The van der Waals surface area contributed by atoms with Gasteiger partial charge in [0.2, 0.25) is 11.8 Å². The minimum Gasteiger partial charge on any atom is -0.391 e. The fourth-order valence-corrected chi connectivity index (χ4v) is 5.31. The van der Waals surface area contributed by atoms with Crippen LogP contribution in [0.3, 0.4) is 0 Å². The number of aliphatic hydroxyl groups is 1. The number of aliphatic hydroxyl groups excluding tert-OH is 1. The van der Waals surface area contributed by atoms with E-state index in [4.69, 9.17) is 4.74 Å². The van der Waals surface area contributed by atoms with E-state index in [1.807, 2.05) is 43.6 Å². The third-order valence-corrected chi connectivity index (χ3v) is 7.33. The predicted octanol–water partition coefficient (Wildman–Crippen LogP) is 1.66. The first-order valence-electron chi connectivity index (χ1n) is 11.5. The Morgan fingerprint density at radius 2 is 2.00 bits per heavy atom. The Labute approximate surface area is 198 Å². The molecule has 3 atom stereocenters. The summed E-state index contributed by atoms with van der Waals surface area (Å²) in [5, 5.41) is 13.1. The summed E-state index contributed by atoms with van der Waals surface area (Å²) in [4.78, 5) is 35.3. The molecular formula is C24H32N4O4S. The first kappa shape index (κ1) is 23.8. The van der Waals surface area contributed by atoms with Crippen molar-refractivity contribution in [1.29, 1.82) is 0 Å². The Morgan fingerprint density at radius 3 is 2.67 bits per heavy atom. The molecule has 0 aliphatic carbocycles. The third-order valence-electron chi connectivity index (χ3n) is 6.35. The molecule has 8 nitrogen and oxygen atoms in total. The zero-order valence-corrected chi connectivity index (χ0v) is 20.0. The SMILES string of the molecule is Cc1ncsc1-c1ccc(CNC(=O)[C@@H]2C[C@@H](O)CN2C(=O)C(C)CN2CCOCC2)cc1. The van der Waals surface area contributed by atoms with Crippen molar-refractivity contribution < 1.29 is 19.4 Å². The summed E-state index contributed by atoms with van der Waals surface area (Å²) >= 11 is 1.61. The van der Waals surface area contributed by atoms with E-state index in [9.17, 15) is 14.7 Å². The number of rotatable bonds is 7. The number of aromatic nitrogens is 1. The van der Waals surface area contributed by atoms with E-state index >= 15 is 0 Å². The number of morpholine rings is 1. The van der Waals surface area contributed by atoms with E-state index in [2.05, 4.69) is 15.2 Å². The van der Waals surface area contributed by atoms with Gasteiger partial charge in [-0.2, -0.15) is 0 Å². The summed E-state index contributed by atoms with van der Waals surface area (Å²) in [6.45, 7) is 8.07. The molecule has 2 amide bonds. The van der Waals surface area contributed by atoms with E-state index in [1.54, 1.807) is 16.2 Å². The molecule has 2 aliphatic rings. The van der Waals surface area contributed by atoms with Crippen LogP contribution in [0.4, 0.5) is 0 Å². The lowest BCUT2D eigenvalue weighted by Crippen LogP contribution is -2.49. The molecule has 3 heterocycles. The lowest BCUT2D eigenvalue weighted by Gasteiger charge is -2.31. The Morgan fingerprint density at radius 1 is 1.27 bits per heavy atom. The van der Waals surface area contributed by atoms with Gasteiger partial charge >= 0.3 is 0 Å². The van der Waals surface area contributed by atoms with Crippen LogP contribution in [-0.4, -0.2) is 83.2 Å². The lowest BCUT2D eigenvalue weighted by molar-refractivity contribution is -0.142. The molecule has 1 aromatic carbocycles. The maximum absolute atomic E-state index is 13.1. The normalized spacial score (nSPS) is 22.3. The Balaban J connectivity index is 1.33. The van der Waals surface area contributed by atoms with Gasteiger partial charge in [0.05, 0.1) is 35.4 Å². The number of ether oxygens (including phenoxy) is 1. The molecule has 2 aliphatic heterocycles. The molecule has 178 valence electrons. The molecular weight excluding hydrogens is 440 g/mol. The van der Waals surface area contributed by atoms with E-state index in [-0.39, 0.29) is 30.7 Å². The lowest BCUT2D eigenvalue weighted by atomic mass is 10.1. The quantitative estimate of drug-likeness (QED) is 0.637. The summed E-state index contributed by atoms with van der Waals surface area (Å²) in [5.74, 6) is -0.547. The molecule has 0 saturated carbocycles. The second kappa shape index (κ2) is 10.7. The summed E-state index contributed by atoms with van der Waals surface area (Å²) < 4.78 is 5.37. The largest absolute Gasteiger partial charge is 0.391 e. The summed E-state index contributed by atoms with van der Waals surface area (Å²) in [6, 6.07) is 7.41. The van der Waals surface area contributed by atoms with Crippen LogP contribution in [0.2, 0.25) is 0 Å². The van der Waals surface area contributed by atoms with E-state index in [1.165, 1.54) is 0 Å². The summed E-state index contributed by atoms with van der Waals surface area (Å²) in [7, 11) is 0. The smallest absolute Gasteiger partial charge is 0.243 e. The van der Waals surface area contributed by atoms with Gasteiger partial charge < -0.3 is 20.1 Å². The molecule has 1 unspecified atom stereocenters. The minimum atomic E-state index is -0.679. The highest BCUT2D eigenvalue weighted by Gasteiger charge is 2.40. The first-order chi connectivity index (χ1) is 15.9. The van der Waals surface area contributed by atoms with Gasteiger partial charge in [-0.1, -0.05) is 31.2 Å². The highest BCUT2D eigenvalue weighted by molar-refractivity contribution is 7.13. The number of amides is 2. The van der Waals surface area contributed by atoms with Crippen molar-refractivity contribution in [3.8, 4) is 10.4 Å². The molecule has 2 aromatic rings. The maximum atomic E-state index is 13.1. The fourth-order valence-electron chi connectivity index (χ4n) is 4.50. The van der Waals surface area contributed by atoms with Crippen molar-refractivity contribution in [1.82, 2.24) is 20.1 Å². The molecule has 2 fully saturated rings. The molecule has 2 N–H and O–H groups in total. The average Bonchev–Trinajstić information content (AvgIpc) is 3.43. The van der Waals surface area contributed by atoms with Crippen molar-refractivity contribution in [2.45, 2.75) is 39.0 Å². The Bertz CT molecular complexity index is 958. The van der Waals surface area contributed by atoms with Crippen LogP contribution in [0, 0.1) is 12.8 Å². The minimum absolute atomic E-state index is 0.0810. The standard InChI is InChI=1S/C24H32N4O4S/c1-16(13-27-7-9-32-10-8-27)24(31)28-14-20(29)11-21(28)23(30)25-12-18-3-5-19(6-4-18)22-17(2)26-15-33-22/h3-6,15-16,20-21,29H,7-14H2,1-2H3,(H,25,30)/t16?,20-,21+/m1/s1. The number of nitrogens with one attached hydrogen (secondary N) is 1. The molecule has 2 saturated heterocycles. The van der Waals surface area contributed by atoms with Gasteiger partial charge in [-0.05, 0) is 18.1 Å².